The molecule has 0 aromatic carbocycles. The van der Waals surface area contributed by atoms with Crippen molar-refractivity contribution < 1.29 is 0 Å². The van der Waals surface area contributed by atoms with Crippen LogP contribution in [0.4, 0.5) is 11.6 Å². The average Bonchev–Trinajstić information content (AvgIpc) is 2.48. The summed E-state index contributed by atoms with van der Waals surface area (Å²) in [5.74, 6) is 5.46. The van der Waals surface area contributed by atoms with Gasteiger partial charge in [0.05, 0.1) is 0 Å². The molecular formula is C13H21N5S. The van der Waals surface area contributed by atoms with E-state index in [0.717, 1.165) is 56.7 Å². The highest BCUT2D eigenvalue weighted by molar-refractivity contribution is 7.99. The lowest BCUT2D eigenvalue weighted by atomic mass is 10.3. The van der Waals surface area contributed by atoms with Crippen molar-refractivity contribution in [3.63, 3.8) is 0 Å². The van der Waals surface area contributed by atoms with E-state index in [2.05, 4.69) is 31.2 Å². The minimum absolute atomic E-state index is 0.879. The van der Waals surface area contributed by atoms with Gasteiger partial charge in [0.2, 0.25) is 0 Å². The highest BCUT2D eigenvalue weighted by Gasteiger charge is 2.17. The van der Waals surface area contributed by atoms with Gasteiger partial charge in [-0.1, -0.05) is 0 Å². The lowest BCUT2D eigenvalue weighted by Crippen LogP contribution is -2.44. The molecular weight excluding hydrogens is 258 g/mol. The van der Waals surface area contributed by atoms with Crippen LogP contribution in [0.2, 0.25) is 0 Å². The molecule has 0 spiro atoms. The summed E-state index contributed by atoms with van der Waals surface area (Å²) in [6.07, 6.45) is 0. The van der Waals surface area contributed by atoms with Crippen LogP contribution in [0, 0.1) is 6.92 Å². The van der Waals surface area contributed by atoms with Crippen molar-refractivity contribution in [3.8, 4) is 0 Å². The van der Waals surface area contributed by atoms with E-state index in [1.807, 2.05) is 18.7 Å². The number of hydrogen-bond donors (Lipinski definition) is 1. The van der Waals surface area contributed by atoms with Crippen molar-refractivity contribution in [2.75, 3.05) is 60.6 Å². The molecule has 3 rings (SSSR count). The van der Waals surface area contributed by atoms with Crippen LogP contribution in [0.15, 0.2) is 6.07 Å². The van der Waals surface area contributed by atoms with E-state index in [0.29, 0.717) is 0 Å². The highest BCUT2D eigenvalue weighted by Crippen LogP contribution is 2.22. The van der Waals surface area contributed by atoms with Gasteiger partial charge in [-0.3, -0.25) is 0 Å². The monoisotopic (exact) mass is 279 g/mol. The number of thioether (sulfide) groups is 1. The molecule has 1 N–H and O–H groups in total. The minimum atomic E-state index is 0.879. The van der Waals surface area contributed by atoms with Crippen LogP contribution in [-0.4, -0.2) is 60.7 Å². The summed E-state index contributed by atoms with van der Waals surface area (Å²) in [5.41, 5.74) is 0. The third kappa shape index (κ3) is 3.12. The van der Waals surface area contributed by atoms with Crippen LogP contribution in [0.5, 0.6) is 0 Å². The summed E-state index contributed by atoms with van der Waals surface area (Å²) in [6.45, 7) is 8.34. The van der Waals surface area contributed by atoms with Gasteiger partial charge < -0.3 is 15.1 Å². The third-order valence-electron chi connectivity index (χ3n) is 3.59. The summed E-state index contributed by atoms with van der Waals surface area (Å²) >= 11 is 2.03. The van der Waals surface area contributed by atoms with Crippen LogP contribution in [0.3, 0.4) is 0 Å². The zero-order valence-corrected chi connectivity index (χ0v) is 12.2. The van der Waals surface area contributed by atoms with E-state index in [1.165, 1.54) is 11.5 Å². The van der Waals surface area contributed by atoms with Crippen LogP contribution in [0.1, 0.15) is 5.82 Å². The van der Waals surface area contributed by atoms with Crippen molar-refractivity contribution in [1.82, 2.24) is 15.3 Å². The van der Waals surface area contributed by atoms with E-state index in [4.69, 9.17) is 0 Å². The summed E-state index contributed by atoms with van der Waals surface area (Å²) in [5, 5.41) is 3.38. The molecule has 0 aliphatic carbocycles. The van der Waals surface area contributed by atoms with Crippen LogP contribution >= 0.6 is 11.8 Å². The number of nitrogens with one attached hydrogen (secondary N) is 1. The van der Waals surface area contributed by atoms with Crippen molar-refractivity contribution in [2.24, 2.45) is 0 Å². The fourth-order valence-corrected chi connectivity index (χ4v) is 3.45. The van der Waals surface area contributed by atoms with Crippen LogP contribution in [-0.2, 0) is 0 Å². The van der Waals surface area contributed by atoms with Crippen LogP contribution in [0.25, 0.3) is 0 Å². The van der Waals surface area contributed by atoms with Crippen LogP contribution < -0.4 is 15.1 Å². The molecule has 0 saturated carbocycles. The maximum Gasteiger partial charge on any atom is 0.134 e. The predicted molar refractivity (Wildman–Crippen MR) is 81.4 cm³/mol. The topological polar surface area (TPSA) is 44.3 Å². The summed E-state index contributed by atoms with van der Waals surface area (Å²) in [7, 11) is 0. The van der Waals surface area contributed by atoms with Gasteiger partial charge in [-0.25, -0.2) is 9.97 Å². The Labute approximate surface area is 118 Å². The predicted octanol–water partition coefficient (Wildman–Crippen LogP) is 0.748. The molecule has 5 nitrogen and oxygen atoms in total. The first-order chi connectivity index (χ1) is 9.33. The van der Waals surface area contributed by atoms with E-state index >= 15 is 0 Å². The standard InChI is InChI=1S/C13H21N5S/c1-11-15-12(17-4-2-14-3-5-17)10-13(16-11)18-6-8-19-9-7-18/h10,14H,2-9H2,1H3. The maximum absolute atomic E-state index is 4.62. The van der Waals surface area contributed by atoms with Gasteiger partial charge in [0.25, 0.3) is 0 Å². The quantitative estimate of drug-likeness (QED) is 0.862. The maximum atomic E-state index is 4.62. The number of aryl methyl sites for hydroxylation is 1. The van der Waals surface area contributed by atoms with Gasteiger partial charge >= 0.3 is 0 Å². The van der Waals surface area contributed by atoms with Gasteiger partial charge in [0.1, 0.15) is 17.5 Å². The molecule has 2 fully saturated rings. The Hall–Kier alpha value is -1.01. The largest absolute Gasteiger partial charge is 0.355 e. The average molecular weight is 279 g/mol. The second-order valence-corrected chi connectivity index (χ2v) is 6.19. The first-order valence-electron chi connectivity index (χ1n) is 6.97. The zero-order valence-electron chi connectivity index (χ0n) is 11.4. The second-order valence-electron chi connectivity index (χ2n) is 4.97. The van der Waals surface area contributed by atoms with E-state index in [9.17, 15) is 0 Å². The molecule has 0 amide bonds. The van der Waals surface area contributed by atoms with Gasteiger partial charge in [-0.15, -0.1) is 0 Å². The second kappa shape index (κ2) is 5.96. The SMILES string of the molecule is Cc1nc(N2CCNCC2)cc(N2CCSCC2)n1. The number of aromatic nitrogens is 2. The molecule has 2 aliphatic heterocycles. The molecule has 6 heteroatoms. The zero-order chi connectivity index (χ0) is 13.1. The van der Waals surface area contributed by atoms with Crippen molar-refractivity contribution >= 4 is 23.4 Å². The Kier molecular flexibility index (Phi) is 4.08. The normalized spacial score (nSPS) is 20.7. The van der Waals surface area contributed by atoms with Gasteiger partial charge in [-0.2, -0.15) is 11.8 Å². The number of rotatable bonds is 2. The summed E-state index contributed by atoms with van der Waals surface area (Å²) in [6, 6.07) is 2.16. The van der Waals surface area contributed by atoms with E-state index in [1.54, 1.807) is 0 Å². The molecule has 2 saturated heterocycles. The van der Waals surface area contributed by atoms with Crippen molar-refractivity contribution in [2.45, 2.75) is 6.92 Å². The van der Waals surface area contributed by atoms with E-state index in [-0.39, 0.29) is 0 Å². The minimum Gasteiger partial charge on any atom is -0.355 e. The Bertz CT molecular complexity index is 391. The number of anilines is 2. The van der Waals surface area contributed by atoms with Gasteiger partial charge in [0.15, 0.2) is 0 Å². The fraction of sp³-hybridized carbons (Fsp3) is 0.692. The number of nitrogens with zero attached hydrogens (tertiary/aromatic N) is 4. The van der Waals surface area contributed by atoms with E-state index < -0.39 is 0 Å². The van der Waals surface area contributed by atoms with Gasteiger partial charge in [0, 0.05) is 56.8 Å². The molecule has 3 heterocycles. The Morgan fingerprint density at radius 3 is 2.21 bits per heavy atom. The Morgan fingerprint density at radius 2 is 1.58 bits per heavy atom. The van der Waals surface area contributed by atoms with Gasteiger partial charge in [-0.05, 0) is 6.92 Å². The summed E-state index contributed by atoms with van der Waals surface area (Å²) < 4.78 is 0. The third-order valence-corrected chi connectivity index (χ3v) is 4.53. The molecule has 104 valence electrons. The lowest BCUT2D eigenvalue weighted by Gasteiger charge is -2.31. The van der Waals surface area contributed by atoms with Crippen molar-refractivity contribution in [1.29, 1.82) is 0 Å². The molecule has 0 radical (unpaired) electrons. The number of piperazine rings is 1. The number of hydrogen-bond acceptors (Lipinski definition) is 6. The fourth-order valence-electron chi connectivity index (χ4n) is 2.55. The first-order valence-corrected chi connectivity index (χ1v) is 8.12. The molecule has 0 bridgehead atoms. The Balaban J connectivity index is 1.82. The molecule has 0 atom stereocenters. The first kappa shape index (κ1) is 13.0. The molecule has 19 heavy (non-hydrogen) atoms. The molecule has 1 aromatic rings. The van der Waals surface area contributed by atoms with Crippen molar-refractivity contribution in [3.05, 3.63) is 11.9 Å². The molecule has 2 aliphatic rings. The highest BCUT2D eigenvalue weighted by atomic mass is 32.2. The molecule has 1 aromatic heterocycles. The smallest absolute Gasteiger partial charge is 0.134 e. The lowest BCUT2D eigenvalue weighted by molar-refractivity contribution is 0.584. The summed E-state index contributed by atoms with van der Waals surface area (Å²) in [4.78, 5) is 14.0. The Morgan fingerprint density at radius 1 is 1.00 bits per heavy atom. The molecule has 0 unspecified atom stereocenters.